The van der Waals surface area contributed by atoms with Crippen LogP contribution in [0.5, 0.6) is 5.88 Å². The van der Waals surface area contributed by atoms with E-state index in [-0.39, 0.29) is 12.7 Å². The van der Waals surface area contributed by atoms with Crippen LogP contribution in [0.4, 0.5) is 10.5 Å². The fraction of sp³-hybridized carbons (Fsp3) is 0.375. The first-order valence-corrected chi connectivity index (χ1v) is 10.9. The summed E-state index contributed by atoms with van der Waals surface area (Å²) < 4.78 is 10.6. The van der Waals surface area contributed by atoms with Gasteiger partial charge in [0.2, 0.25) is 5.88 Å². The van der Waals surface area contributed by atoms with Gasteiger partial charge in [0.25, 0.3) is 0 Å². The topological polar surface area (TPSA) is 79.8 Å². The summed E-state index contributed by atoms with van der Waals surface area (Å²) in [5, 5.41) is 2.85. The summed E-state index contributed by atoms with van der Waals surface area (Å²) in [5.41, 5.74) is 3.79. The third-order valence-electron chi connectivity index (χ3n) is 5.59. The van der Waals surface area contributed by atoms with Crippen molar-refractivity contribution in [1.82, 2.24) is 20.2 Å². The molecule has 4 rings (SSSR count). The van der Waals surface area contributed by atoms with Gasteiger partial charge in [0.15, 0.2) is 0 Å². The van der Waals surface area contributed by atoms with Crippen LogP contribution in [-0.4, -0.2) is 67.3 Å². The number of carbonyl (C=O) groups is 1. The van der Waals surface area contributed by atoms with E-state index in [0.29, 0.717) is 12.4 Å². The maximum absolute atomic E-state index is 12.0. The zero-order valence-corrected chi connectivity index (χ0v) is 18.4. The quantitative estimate of drug-likeness (QED) is 0.611. The Hall–Kier alpha value is -3.39. The predicted octanol–water partition coefficient (Wildman–Crippen LogP) is 3.08. The molecule has 0 spiro atoms. The van der Waals surface area contributed by atoms with Crippen LogP contribution in [0.3, 0.4) is 0 Å². The number of benzene rings is 1. The maximum Gasteiger partial charge on any atom is 0.407 e. The predicted molar refractivity (Wildman–Crippen MR) is 124 cm³/mol. The summed E-state index contributed by atoms with van der Waals surface area (Å²) in [4.78, 5) is 25.7. The van der Waals surface area contributed by atoms with E-state index in [4.69, 9.17) is 9.47 Å². The van der Waals surface area contributed by atoms with Crippen molar-refractivity contribution < 1.29 is 14.3 Å². The highest BCUT2D eigenvalue weighted by molar-refractivity contribution is 5.88. The minimum absolute atomic E-state index is 0.282. The number of methoxy groups -OCH3 is 1. The van der Waals surface area contributed by atoms with Crippen molar-refractivity contribution in [3.05, 3.63) is 60.3 Å². The first-order valence-electron chi connectivity index (χ1n) is 10.9. The first kappa shape index (κ1) is 21.8. The normalized spacial score (nSPS) is 14.7. The maximum atomic E-state index is 12.0. The van der Waals surface area contributed by atoms with Gasteiger partial charge in [0, 0.05) is 45.0 Å². The van der Waals surface area contributed by atoms with Crippen LogP contribution in [0.15, 0.2) is 54.7 Å². The fourth-order valence-electron chi connectivity index (χ4n) is 3.89. The van der Waals surface area contributed by atoms with Crippen LogP contribution in [0.2, 0.25) is 0 Å². The molecule has 168 valence electrons. The van der Waals surface area contributed by atoms with Gasteiger partial charge in [-0.1, -0.05) is 30.3 Å². The van der Waals surface area contributed by atoms with Gasteiger partial charge < -0.3 is 19.7 Å². The molecule has 0 radical (unpaired) electrons. The van der Waals surface area contributed by atoms with Crippen LogP contribution in [0.1, 0.15) is 12.0 Å². The smallest absolute Gasteiger partial charge is 0.407 e. The highest BCUT2D eigenvalue weighted by Gasteiger charge is 2.18. The molecule has 1 N–H and O–H groups in total. The van der Waals surface area contributed by atoms with Crippen LogP contribution in [-0.2, 0) is 11.3 Å². The van der Waals surface area contributed by atoms with Crippen molar-refractivity contribution in [3.63, 3.8) is 0 Å². The lowest BCUT2D eigenvalue weighted by molar-refractivity contribution is 0.138. The molecule has 1 saturated heterocycles. The minimum Gasteiger partial charge on any atom is -0.481 e. The van der Waals surface area contributed by atoms with Crippen molar-refractivity contribution in [2.45, 2.75) is 13.0 Å². The molecule has 0 aliphatic carbocycles. The number of alkyl carbamates (subject to hydrolysis) is 1. The number of ether oxygens (including phenoxy) is 2. The van der Waals surface area contributed by atoms with Crippen molar-refractivity contribution >= 4 is 22.8 Å². The van der Waals surface area contributed by atoms with Gasteiger partial charge in [0.1, 0.15) is 12.1 Å². The highest BCUT2D eigenvalue weighted by atomic mass is 16.5. The molecule has 1 aromatic carbocycles. The number of pyridine rings is 2. The molecule has 3 aromatic rings. The Morgan fingerprint density at radius 1 is 1.06 bits per heavy atom. The third-order valence-corrected chi connectivity index (χ3v) is 5.59. The molecule has 3 heterocycles. The number of anilines is 1. The van der Waals surface area contributed by atoms with E-state index in [9.17, 15) is 4.79 Å². The van der Waals surface area contributed by atoms with Gasteiger partial charge in [-0.2, -0.15) is 0 Å². The molecule has 8 heteroatoms. The molecular weight excluding hydrogens is 406 g/mol. The van der Waals surface area contributed by atoms with E-state index in [1.54, 1.807) is 7.11 Å². The SMILES string of the molecule is COc1ccc2nccc(N3CCCN(CCNC(=O)OCc4ccccc4)CC3)c2n1. The number of nitrogens with zero attached hydrogens (tertiary/aromatic N) is 4. The lowest BCUT2D eigenvalue weighted by Gasteiger charge is -2.24. The lowest BCUT2D eigenvalue weighted by atomic mass is 10.2. The molecule has 0 saturated carbocycles. The second-order valence-corrected chi connectivity index (χ2v) is 7.72. The second kappa shape index (κ2) is 10.8. The van der Waals surface area contributed by atoms with Gasteiger partial charge in [-0.25, -0.2) is 9.78 Å². The molecule has 0 unspecified atom stereocenters. The Bertz CT molecular complexity index is 1030. The third kappa shape index (κ3) is 5.64. The number of carbonyl (C=O) groups excluding carboxylic acids is 1. The van der Waals surface area contributed by atoms with E-state index in [0.717, 1.165) is 61.4 Å². The van der Waals surface area contributed by atoms with Crippen molar-refractivity contribution in [2.75, 3.05) is 51.3 Å². The number of hydrogen-bond acceptors (Lipinski definition) is 7. The van der Waals surface area contributed by atoms with E-state index in [1.165, 1.54) is 0 Å². The molecule has 1 aliphatic rings. The number of hydrogen-bond donors (Lipinski definition) is 1. The summed E-state index contributed by atoms with van der Waals surface area (Å²) in [5.74, 6) is 0.591. The Morgan fingerprint density at radius 2 is 1.94 bits per heavy atom. The number of rotatable bonds is 7. The zero-order chi connectivity index (χ0) is 22.2. The van der Waals surface area contributed by atoms with Gasteiger partial charge in [0.05, 0.1) is 18.3 Å². The van der Waals surface area contributed by atoms with E-state index in [1.807, 2.05) is 54.7 Å². The molecular formula is C24H29N5O3. The number of aromatic nitrogens is 2. The van der Waals surface area contributed by atoms with Crippen molar-refractivity contribution in [3.8, 4) is 5.88 Å². The minimum atomic E-state index is -0.381. The van der Waals surface area contributed by atoms with Crippen molar-refractivity contribution in [2.24, 2.45) is 0 Å². The summed E-state index contributed by atoms with van der Waals surface area (Å²) in [6.45, 7) is 5.36. The van der Waals surface area contributed by atoms with Gasteiger partial charge in [-0.3, -0.25) is 9.88 Å². The van der Waals surface area contributed by atoms with E-state index < -0.39 is 0 Å². The molecule has 8 nitrogen and oxygen atoms in total. The van der Waals surface area contributed by atoms with Gasteiger partial charge in [-0.05, 0) is 30.7 Å². The fourth-order valence-corrected chi connectivity index (χ4v) is 3.89. The monoisotopic (exact) mass is 435 g/mol. The number of fused-ring (bicyclic) bond motifs is 1. The first-order chi connectivity index (χ1) is 15.7. The summed E-state index contributed by atoms with van der Waals surface area (Å²) in [7, 11) is 1.62. The van der Waals surface area contributed by atoms with Crippen LogP contribution in [0.25, 0.3) is 11.0 Å². The number of nitrogens with one attached hydrogen (secondary N) is 1. The average molecular weight is 436 g/mol. The van der Waals surface area contributed by atoms with E-state index >= 15 is 0 Å². The van der Waals surface area contributed by atoms with Gasteiger partial charge >= 0.3 is 6.09 Å². The molecule has 32 heavy (non-hydrogen) atoms. The Kier molecular flexibility index (Phi) is 7.34. The largest absolute Gasteiger partial charge is 0.481 e. The number of amides is 1. The van der Waals surface area contributed by atoms with Crippen molar-refractivity contribution in [1.29, 1.82) is 0 Å². The molecule has 0 bridgehead atoms. The zero-order valence-electron chi connectivity index (χ0n) is 18.4. The Labute approximate surface area is 188 Å². The molecule has 1 amide bonds. The summed E-state index contributed by atoms with van der Waals surface area (Å²) in [6, 6.07) is 15.5. The average Bonchev–Trinajstić information content (AvgIpc) is 3.08. The second-order valence-electron chi connectivity index (χ2n) is 7.72. The van der Waals surface area contributed by atoms with Crippen LogP contribution in [0, 0.1) is 0 Å². The summed E-state index contributed by atoms with van der Waals surface area (Å²) >= 11 is 0. The highest BCUT2D eigenvalue weighted by Crippen LogP contribution is 2.26. The Morgan fingerprint density at radius 3 is 2.78 bits per heavy atom. The molecule has 1 aliphatic heterocycles. The standard InChI is InChI=1S/C24H29N5O3/c1-31-22-9-8-20-23(27-22)21(10-11-25-20)29-14-5-13-28(16-17-29)15-12-26-24(30)32-18-19-6-3-2-4-7-19/h2-4,6-11H,5,12-18H2,1H3,(H,26,30). The van der Waals surface area contributed by atoms with Crippen LogP contribution < -0.4 is 15.0 Å². The molecule has 1 fully saturated rings. The van der Waals surface area contributed by atoms with Gasteiger partial charge in [-0.15, -0.1) is 0 Å². The summed E-state index contributed by atoms with van der Waals surface area (Å²) in [6.07, 6.45) is 2.49. The van der Waals surface area contributed by atoms with Crippen LogP contribution >= 0.6 is 0 Å². The lowest BCUT2D eigenvalue weighted by Crippen LogP contribution is -2.37. The molecule has 0 atom stereocenters. The Balaban J connectivity index is 1.26. The molecule has 2 aromatic heterocycles. The van der Waals surface area contributed by atoms with E-state index in [2.05, 4.69) is 25.1 Å².